The quantitative estimate of drug-likeness (QED) is 0.813. The fraction of sp³-hybridized carbons (Fsp3) is 0.625. The molecular weight excluding hydrogens is 262 g/mol. The fourth-order valence-corrected chi connectivity index (χ4v) is 2.44. The normalized spacial score (nSPS) is 11.5. The molecule has 2 rings (SSSR count). The van der Waals surface area contributed by atoms with Gasteiger partial charge in [-0.05, 0) is 31.4 Å². The minimum Gasteiger partial charge on any atom is -0.305 e. The van der Waals surface area contributed by atoms with Crippen molar-refractivity contribution in [1.29, 1.82) is 0 Å². The van der Waals surface area contributed by atoms with Crippen LogP contribution in [-0.2, 0) is 26.2 Å². The Morgan fingerprint density at radius 3 is 2.76 bits per heavy atom. The second-order valence-electron chi connectivity index (χ2n) is 6.03. The van der Waals surface area contributed by atoms with Crippen LogP contribution in [0.3, 0.4) is 0 Å². The van der Waals surface area contributed by atoms with Crippen LogP contribution in [0.4, 0.5) is 0 Å². The van der Waals surface area contributed by atoms with Crippen molar-refractivity contribution in [3.8, 4) is 0 Å². The van der Waals surface area contributed by atoms with Crippen LogP contribution in [0, 0.1) is 12.8 Å². The Morgan fingerprint density at radius 1 is 1.24 bits per heavy atom. The average Bonchev–Trinajstić information content (AvgIpc) is 2.97. The molecule has 2 aromatic heterocycles. The molecule has 0 aliphatic heterocycles. The van der Waals surface area contributed by atoms with Gasteiger partial charge in [0.15, 0.2) is 0 Å². The number of hydrogen-bond acceptors (Lipinski definition) is 3. The zero-order valence-corrected chi connectivity index (χ0v) is 13.6. The molecule has 1 N–H and O–H groups in total. The summed E-state index contributed by atoms with van der Waals surface area (Å²) in [5.74, 6) is 0.622. The fourth-order valence-electron chi connectivity index (χ4n) is 2.44. The van der Waals surface area contributed by atoms with Gasteiger partial charge in [0, 0.05) is 32.4 Å². The lowest BCUT2D eigenvalue weighted by Crippen LogP contribution is -2.17. The molecule has 2 heterocycles. The molecule has 0 saturated heterocycles. The molecule has 0 spiro atoms. The summed E-state index contributed by atoms with van der Waals surface area (Å²) in [5, 5.41) is 12.6. The highest BCUT2D eigenvalue weighted by molar-refractivity contribution is 5.09. The topological polar surface area (TPSA) is 47.7 Å². The third-order valence-corrected chi connectivity index (χ3v) is 3.28. The Labute approximate surface area is 127 Å². The molecule has 2 aromatic rings. The van der Waals surface area contributed by atoms with Gasteiger partial charge in [-0.25, -0.2) is 0 Å². The van der Waals surface area contributed by atoms with Gasteiger partial charge in [-0.1, -0.05) is 20.8 Å². The summed E-state index contributed by atoms with van der Waals surface area (Å²) in [6.07, 6.45) is 3.16. The second-order valence-corrected chi connectivity index (χ2v) is 6.03. The Hall–Kier alpha value is -1.62. The zero-order chi connectivity index (χ0) is 15.2. The van der Waals surface area contributed by atoms with E-state index in [2.05, 4.69) is 59.3 Å². The molecule has 0 unspecified atom stereocenters. The number of aromatic nitrogens is 4. The Balaban J connectivity index is 1.85. The van der Waals surface area contributed by atoms with E-state index in [1.165, 1.54) is 5.69 Å². The van der Waals surface area contributed by atoms with Crippen molar-refractivity contribution in [2.75, 3.05) is 0 Å². The molecule has 0 bridgehead atoms. The van der Waals surface area contributed by atoms with Gasteiger partial charge in [-0.15, -0.1) is 0 Å². The summed E-state index contributed by atoms with van der Waals surface area (Å²) < 4.78 is 4.12. The minimum atomic E-state index is 0.622. The standard InChI is InChI=1S/C16H27N5/c1-5-7-21-16(9-14(4)18-21)11-17-10-15-6-8-20(19-15)12-13(2)3/h6,8-9,13,17H,5,7,10-12H2,1-4H3. The van der Waals surface area contributed by atoms with Crippen molar-refractivity contribution in [1.82, 2.24) is 24.9 Å². The van der Waals surface area contributed by atoms with Gasteiger partial charge in [-0.3, -0.25) is 9.36 Å². The third-order valence-electron chi connectivity index (χ3n) is 3.28. The summed E-state index contributed by atoms with van der Waals surface area (Å²) in [5.41, 5.74) is 3.42. The van der Waals surface area contributed by atoms with E-state index in [1.54, 1.807) is 0 Å². The summed E-state index contributed by atoms with van der Waals surface area (Å²) in [6, 6.07) is 4.24. The van der Waals surface area contributed by atoms with E-state index in [0.29, 0.717) is 5.92 Å². The maximum absolute atomic E-state index is 4.58. The van der Waals surface area contributed by atoms with E-state index in [4.69, 9.17) is 0 Å². The van der Waals surface area contributed by atoms with Crippen molar-refractivity contribution >= 4 is 0 Å². The number of nitrogens with zero attached hydrogens (tertiary/aromatic N) is 4. The Morgan fingerprint density at radius 2 is 2.05 bits per heavy atom. The predicted octanol–water partition coefficient (Wildman–Crippen LogP) is 2.74. The first-order chi connectivity index (χ1) is 10.1. The molecule has 0 atom stereocenters. The lowest BCUT2D eigenvalue weighted by Gasteiger charge is -2.07. The molecule has 0 aliphatic carbocycles. The van der Waals surface area contributed by atoms with Crippen molar-refractivity contribution < 1.29 is 0 Å². The second kappa shape index (κ2) is 7.41. The molecule has 116 valence electrons. The van der Waals surface area contributed by atoms with Crippen molar-refractivity contribution in [2.24, 2.45) is 5.92 Å². The van der Waals surface area contributed by atoms with Gasteiger partial charge in [0.2, 0.25) is 0 Å². The number of rotatable bonds is 8. The monoisotopic (exact) mass is 289 g/mol. The summed E-state index contributed by atoms with van der Waals surface area (Å²) in [6.45, 7) is 12.2. The summed E-state index contributed by atoms with van der Waals surface area (Å²) in [4.78, 5) is 0. The van der Waals surface area contributed by atoms with Gasteiger partial charge in [-0.2, -0.15) is 10.2 Å². The van der Waals surface area contributed by atoms with Crippen molar-refractivity contribution in [3.63, 3.8) is 0 Å². The highest BCUT2D eigenvalue weighted by atomic mass is 15.3. The molecule has 0 aliphatic rings. The number of nitrogens with one attached hydrogen (secondary N) is 1. The van der Waals surface area contributed by atoms with Crippen LogP contribution in [0.2, 0.25) is 0 Å². The summed E-state index contributed by atoms with van der Waals surface area (Å²) >= 11 is 0. The molecule has 21 heavy (non-hydrogen) atoms. The zero-order valence-electron chi connectivity index (χ0n) is 13.6. The lowest BCUT2D eigenvalue weighted by atomic mass is 10.2. The maximum atomic E-state index is 4.58. The van der Waals surface area contributed by atoms with Crippen LogP contribution in [0.1, 0.15) is 44.3 Å². The predicted molar refractivity (Wildman–Crippen MR) is 84.9 cm³/mol. The van der Waals surface area contributed by atoms with Crippen LogP contribution in [0.5, 0.6) is 0 Å². The van der Waals surface area contributed by atoms with Gasteiger partial charge >= 0.3 is 0 Å². The maximum Gasteiger partial charge on any atom is 0.0762 e. The molecule has 0 fully saturated rings. The van der Waals surface area contributed by atoms with Gasteiger partial charge < -0.3 is 5.32 Å². The summed E-state index contributed by atoms with van der Waals surface area (Å²) in [7, 11) is 0. The lowest BCUT2D eigenvalue weighted by molar-refractivity contribution is 0.477. The number of hydrogen-bond donors (Lipinski definition) is 1. The molecule has 5 heteroatoms. The van der Waals surface area contributed by atoms with Crippen molar-refractivity contribution in [2.45, 2.75) is 60.3 Å². The van der Waals surface area contributed by atoms with Crippen LogP contribution in [-0.4, -0.2) is 19.6 Å². The average molecular weight is 289 g/mol. The Kier molecular flexibility index (Phi) is 5.56. The van der Waals surface area contributed by atoms with Crippen LogP contribution >= 0.6 is 0 Å². The first-order valence-electron chi connectivity index (χ1n) is 7.85. The molecule has 0 amide bonds. The molecule has 5 nitrogen and oxygen atoms in total. The highest BCUT2D eigenvalue weighted by Gasteiger charge is 2.05. The van der Waals surface area contributed by atoms with Crippen LogP contribution in [0.15, 0.2) is 18.3 Å². The largest absolute Gasteiger partial charge is 0.305 e. The van der Waals surface area contributed by atoms with E-state index >= 15 is 0 Å². The minimum absolute atomic E-state index is 0.622. The van der Waals surface area contributed by atoms with E-state index in [9.17, 15) is 0 Å². The molecule has 0 saturated carbocycles. The SMILES string of the molecule is CCCn1nc(C)cc1CNCc1ccn(CC(C)C)n1. The van der Waals surface area contributed by atoms with E-state index in [1.807, 2.05) is 11.6 Å². The number of aryl methyl sites for hydroxylation is 2. The van der Waals surface area contributed by atoms with Gasteiger partial charge in [0.05, 0.1) is 17.1 Å². The molecule has 0 aromatic carbocycles. The van der Waals surface area contributed by atoms with Crippen molar-refractivity contribution in [3.05, 3.63) is 35.4 Å². The highest BCUT2D eigenvalue weighted by Crippen LogP contribution is 2.06. The third kappa shape index (κ3) is 4.70. The van der Waals surface area contributed by atoms with Crippen LogP contribution < -0.4 is 5.32 Å². The van der Waals surface area contributed by atoms with E-state index in [0.717, 1.165) is 44.0 Å². The van der Waals surface area contributed by atoms with E-state index in [-0.39, 0.29) is 0 Å². The van der Waals surface area contributed by atoms with Crippen LogP contribution in [0.25, 0.3) is 0 Å². The van der Waals surface area contributed by atoms with E-state index < -0.39 is 0 Å². The molecular formula is C16H27N5. The molecule has 0 radical (unpaired) electrons. The Bertz CT molecular complexity index is 553. The first-order valence-corrected chi connectivity index (χ1v) is 7.85. The van der Waals surface area contributed by atoms with Gasteiger partial charge in [0.25, 0.3) is 0 Å². The van der Waals surface area contributed by atoms with Gasteiger partial charge in [0.1, 0.15) is 0 Å². The smallest absolute Gasteiger partial charge is 0.0762 e. The first kappa shape index (κ1) is 15.8.